The molecule has 0 unspecified atom stereocenters. The van der Waals surface area contributed by atoms with E-state index >= 15 is 0 Å². The second-order valence-electron chi connectivity index (χ2n) is 12.6. The van der Waals surface area contributed by atoms with Crippen LogP contribution in [0.15, 0.2) is 36.4 Å². The van der Waals surface area contributed by atoms with Crippen molar-refractivity contribution in [2.24, 2.45) is 5.92 Å². The van der Waals surface area contributed by atoms with Gasteiger partial charge in [0.05, 0.1) is 18.4 Å². The van der Waals surface area contributed by atoms with E-state index in [1.165, 1.54) is 111 Å². The highest BCUT2D eigenvalue weighted by atomic mass is 16.5. The number of methoxy groups -OCH3 is 2. The summed E-state index contributed by atoms with van der Waals surface area (Å²) in [6.07, 6.45) is 10.2. The molecule has 1 saturated heterocycles. The molecule has 41 heavy (non-hydrogen) atoms. The number of carbonyl (C=O) groups is 1. The molecule has 0 radical (unpaired) electrons. The van der Waals surface area contributed by atoms with E-state index in [-0.39, 0.29) is 5.97 Å². The Kier molecular flexibility index (Phi) is 8.68. The van der Waals surface area contributed by atoms with Gasteiger partial charge >= 0.3 is 5.97 Å². The van der Waals surface area contributed by atoms with Gasteiger partial charge in [0.1, 0.15) is 0 Å². The van der Waals surface area contributed by atoms with Gasteiger partial charge in [-0.3, -0.25) is 0 Å². The van der Waals surface area contributed by atoms with Crippen molar-refractivity contribution in [2.45, 2.75) is 70.8 Å². The molecule has 0 spiro atoms. The first-order chi connectivity index (χ1) is 20.1. The molecule has 3 heterocycles. The van der Waals surface area contributed by atoms with Crippen molar-refractivity contribution >= 4 is 22.6 Å². The molecule has 0 N–H and O–H groups in total. The molecule has 2 fully saturated rings. The van der Waals surface area contributed by atoms with Gasteiger partial charge in [-0.05, 0) is 86.7 Å². The van der Waals surface area contributed by atoms with Gasteiger partial charge in [0.2, 0.25) is 0 Å². The Balaban J connectivity index is 1.38. The molecule has 1 aliphatic carbocycles. The topological polar surface area (TPSA) is 46.9 Å². The van der Waals surface area contributed by atoms with Crippen LogP contribution >= 0.6 is 0 Å². The zero-order valence-corrected chi connectivity index (χ0v) is 25.3. The first-order valence-corrected chi connectivity index (χ1v) is 15.9. The highest BCUT2D eigenvalue weighted by Gasteiger charge is 2.31. The molecule has 0 amide bonds. The van der Waals surface area contributed by atoms with E-state index in [0.717, 1.165) is 38.7 Å². The van der Waals surface area contributed by atoms with Crippen LogP contribution in [0.3, 0.4) is 0 Å². The Morgan fingerprint density at radius 2 is 1.78 bits per heavy atom. The quantitative estimate of drug-likeness (QED) is 0.279. The van der Waals surface area contributed by atoms with Gasteiger partial charge in [-0.1, -0.05) is 37.5 Å². The van der Waals surface area contributed by atoms with Crippen LogP contribution in [0.5, 0.6) is 0 Å². The van der Waals surface area contributed by atoms with Gasteiger partial charge < -0.3 is 23.8 Å². The lowest BCUT2D eigenvalue weighted by Crippen LogP contribution is -2.41. The van der Waals surface area contributed by atoms with Crippen LogP contribution in [0.4, 0.5) is 5.69 Å². The molecule has 2 aliphatic heterocycles. The summed E-state index contributed by atoms with van der Waals surface area (Å²) in [6, 6.07) is 13.3. The smallest absolute Gasteiger partial charge is 0.337 e. The molecule has 0 bridgehead atoms. The van der Waals surface area contributed by atoms with Crippen molar-refractivity contribution in [1.29, 1.82) is 0 Å². The molecule has 220 valence electrons. The third-order valence-electron chi connectivity index (χ3n) is 9.90. The maximum Gasteiger partial charge on any atom is 0.337 e. The number of ether oxygens (including phenoxy) is 2. The molecular weight excluding hydrogens is 510 g/mol. The van der Waals surface area contributed by atoms with Crippen molar-refractivity contribution in [2.75, 3.05) is 58.5 Å². The second kappa shape index (κ2) is 12.6. The van der Waals surface area contributed by atoms with Crippen molar-refractivity contribution < 1.29 is 14.3 Å². The SMILES string of the molecule is COCC[C@@H]1CCCN(CCN2CCn3c(c(C4CCCCC4)c4ccc(C(=O)OC)cc43)-c3ccc(C)cc32)C1. The van der Waals surface area contributed by atoms with Crippen LogP contribution in [0.1, 0.15) is 78.8 Å². The van der Waals surface area contributed by atoms with Crippen LogP contribution in [-0.2, 0) is 16.0 Å². The average molecular weight is 558 g/mol. The summed E-state index contributed by atoms with van der Waals surface area (Å²) < 4.78 is 13.0. The lowest BCUT2D eigenvalue weighted by molar-refractivity contribution is 0.0601. The standard InChI is InChI=1S/C35H47N3O3/c1-25-11-13-30-31(22-25)37(18-17-36-16-7-8-26(24-36)15-21-40-2)19-20-38-32-23-28(35(39)41-3)12-14-29(32)33(34(30)38)27-9-5-4-6-10-27/h11-14,22-23,26-27H,4-10,15-21,24H2,1-3H3/t26-/m0/s1. The fourth-order valence-electron chi connectivity index (χ4n) is 7.76. The van der Waals surface area contributed by atoms with Gasteiger partial charge in [0.15, 0.2) is 0 Å². The monoisotopic (exact) mass is 557 g/mol. The number of esters is 1. The fraction of sp³-hybridized carbons (Fsp3) is 0.571. The van der Waals surface area contributed by atoms with E-state index in [9.17, 15) is 4.79 Å². The summed E-state index contributed by atoms with van der Waals surface area (Å²) in [4.78, 5) is 17.9. The summed E-state index contributed by atoms with van der Waals surface area (Å²) in [5, 5.41) is 1.31. The van der Waals surface area contributed by atoms with Crippen molar-refractivity contribution in [3.63, 3.8) is 0 Å². The van der Waals surface area contributed by atoms with Gasteiger partial charge in [0, 0.05) is 68.6 Å². The maximum absolute atomic E-state index is 12.6. The number of piperidine rings is 1. The Hall–Kier alpha value is -2.83. The van der Waals surface area contributed by atoms with Crippen LogP contribution in [0, 0.1) is 12.8 Å². The normalized spacial score (nSPS) is 20.1. The largest absolute Gasteiger partial charge is 0.465 e. The third kappa shape index (κ3) is 5.78. The molecule has 6 heteroatoms. The van der Waals surface area contributed by atoms with Crippen molar-refractivity contribution in [3.8, 4) is 11.3 Å². The number of rotatable bonds is 8. The lowest BCUT2D eigenvalue weighted by atomic mass is 9.81. The molecule has 1 atom stereocenters. The Morgan fingerprint density at radius 1 is 0.927 bits per heavy atom. The van der Waals surface area contributed by atoms with Crippen LogP contribution in [0.25, 0.3) is 22.2 Å². The Morgan fingerprint density at radius 3 is 2.59 bits per heavy atom. The summed E-state index contributed by atoms with van der Waals surface area (Å²) in [6.45, 7) is 9.46. The Labute approximate surface area is 245 Å². The lowest BCUT2D eigenvalue weighted by Gasteiger charge is -2.35. The first-order valence-electron chi connectivity index (χ1n) is 15.9. The van der Waals surface area contributed by atoms with Gasteiger partial charge in [-0.25, -0.2) is 4.79 Å². The number of carbonyl (C=O) groups excluding carboxylic acids is 1. The molecule has 1 saturated carbocycles. The highest BCUT2D eigenvalue weighted by Crippen LogP contribution is 2.47. The molecule has 6 rings (SSSR count). The van der Waals surface area contributed by atoms with E-state index in [1.54, 1.807) is 0 Å². The van der Waals surface area contributed by atoms with E-state index in [1.807, 2.05) is 13.2 Å². The first kappa shape index (κ1) is 28.3. The number of hydrogen-bond donors (Lipinski definition) is 0. The van der Waals surface area contributed by atoms with Gasteiger partial charge in [-0.2, -0.15) is 0 Å². The molecule has 3 aliphatic rings. The number of anilines is 1. The second-order valence-corrected chi connectivity index (χ2v) is 12.6. The maximum atomic E-state index is 12.6. The predicted octanol–water partition coefficient (Wildman–Crippen LogP) is 7.02. The molecule has 3 aromatic rings. The zero-order chi connectivity index (χ0) is 28.3. The van der Waals surface area contributed by atoms with Crippen molar-refractivity contribution in [1.82, 2.24) is 9.47 Å². The van der Waals surface area contributed by atoms with Crippen LogP contribution in [0.2, 0.25) is 0 Å². The van der Waals surface area contributed by atoms with Crippen LogP contribution in [-0.4, -0.2) is 69.0 Å². The number of aromatic nitrogens is 1. The van der Waals surface area contributed by atoms with E-state index in [2.05, 4.69) is 51.6 Å². The number of nitrogens with zero attached hydrogens (tertiary/aromatic N) is 3. The highest BCUT2D eigenvalue weighted by molar-refractivity contribution is 6.00. The van der Waals surface area contributed by atoms with Crippen molar-refractivity contribution in [3.05, 3.63) is 53.1 Å². The van der Waals surface area contributed by atoms with Gasteiger partial charge in [-0.15, -0.1) is 0 Å². The van der Waals surface area contributed by atoms with Crippen LogP contribution < -0.4 is 4.90 Å². The number of likely N-dealkylation sites (tertiary alicyclic amines) is 1. The molecule has 6 nitrogen and oxygen atoms in total. The average Bonchev–Trinajstić information content (AvgIpc) is 3.24. The Bertz CT molecular complexity index is 1370. The minimum atomic E-state index is -0.265. The van der Waals surface area contributed by atoms with E-state index in [4.69, 9.17) is 9.47 Å². The number of hydrogen-bond acceptors (Lipinski definition) is 5. The fourth-order valence-corrected chi connectivity index (χ4v) is 7.76. The predicted molar refractivity (Wildman–Crippen MR) is 167 cm³/mol. The number of benzene rings is 2. The third-order valence-corrected chi connectivity index (χ3v) is 9.90. The van der Waals surface area contributed by atoms with Gasteiger partial charge in [0.25, 0.3) is 0 Å². The van der Waals surface area contributed by atoms with E-state index in [0.29, 0.717) is 11.5 Å². The molecule has 2 aromatic carbocycles. The molecular formula is C35H47N3O3. The number of fused-ring (bicyclic) bond motifs is 5. The molecule has 1 aromatic heterocycles. The summed E-state index contributed by atoms with van der Waals surface area (Å²) in [5.74, 6) is 1.04. The number of aryl methyl sites for hydroxylation is 1. The van der Waals surface area contributed by atoms with E-state index < -0.39 is 0 Å². The summed E-state index contributed by atoms with van der Waals surface area (Å²) >= 11 is 0. The zero-order valence-electron chi connectivity index (χ0n) is 25.3. The minimum Gasteiger partial charge on any atom is -0.465 e. The summed E-state index contributed by atoms with van der Waals surface area (Å²) in [7, 11) is 3.28. The minimum absolute atomic E-state index is 0.265. The summed E-state index contributed by atoms with van der Waals surface area (Å²) in [5.41, 5.74) is 8.71.